The maximum absolute atomic E-state index is 6.75. The first-order valence-electron chi connectivity index (χ1n) is 9.62. The third kappa shape index (κ3) is 6.19. The minimum atomic E-state index is 0.138. The molecule has 3 heterocycles. The number of hydrogen-bond donors (Lipinski definition) is 0. The van der Waals surface area contributed by atoms with Gasteiger partial charge in [0.15, 0.2) is 0 Å². The second kappa shape index (κ2) is 9.83. The van der Waals surface area contributed by atoms with Crippen molar-refractivity contribution >= 4 is 11.6 Å². The van der Waals surface area contributed by atoms with Crippen LogP contribution in [0, 0.1) is 0 Å². The quantitative estimate of drug-likeness (QED) is 0.588. The second-order valence-corrected chi connectivity index (χ2v) is 7.86. The molecule has 2 aliphatic heterocycles. The van der Waals surface area contributed by atoms with Gasteiger partial charge in [-0.1, -0.05) is 6.07 Å². The normalized spacial score (nSPS) is 30.9. The van der Waals surface area contributed by atoms with Crippen LogP contribution >= 0.6 is 11.6 Å². The molecule has 1 aromatic heterocycles. The van der Waals surface area contributed by atoms with E-state index in [9.17, 15) is 0 Å². The molecule has 6 heteroatoms. The summed E-state index contributed by atoms with van der Waals surface area (Å²) < 4.78 is 0. The fraction of sp³-hybridized carbons (Fsp3) is 0.737. The van der Waals surface area contributed by atoms with Crippen LogP contribution in [0.4, 0.5) is 0 Å². The van der Waals surface area contributed by atoms with Gasteiger partial charge in [-0.3, -0.25) is 14.8 Å². The first-order valence-corrected chi connectivity index (χ1v) is 10.1. The summed E-state index contributed by atoms with van der Waals surface area (Å²) in [6.07, 6.45) is 4.15. The predicted molar refractivity (Wildman–Crippen MR) is 104 cm³/mol. The van der Waals surface area contributed by atoms with Gasteiger partial charge in [0.1, 0.15) is 0 Å². The van der Waals surface area contributed by atoms with E-state index in [1.807, 2.05) is 12.3 Å². The predicted octanol–water partition coefficient (Wildman–Crippen LogP) is 1.79. The van der Waals surface area contributed by atoms with Crippen molar-refractivity contribution in [3.8, 4) is 0 Å². The van der Waals surface area contributed by atoms with E-state index in [1.165, 1.54) is 13.0 Å². The summed E-state index contributed by atoms with van der Waals surface area (Å²) in [5, 5.41) is 0. The monoisotopic (exact) mass is 365 g/mol. The van der Waals surface area contributed by atoms with Crippen LogP contribution in [0.15, 0.2) is 24.4 Å². The van der Waals surface area contributed by atoms with E-state index < -0.39 is 0 Å². The van der Waals surface area contributed by atoms with Crippen molar-refractivity contribution in [1.82, 2.24) is 24.6 Å². The van der Waals surface area contributed by atoms with Gasteiger partial charge in [-0.15, -0.1) is 11.6 Å². The number of alkyl halides is 1. The molecule has 3 atom stereocenters. The summed E-state index contributed by atoms with van der Waals surface area (Å²) >= 11 is 6.75. The molecule has 0 N–H and O–H groups in total. The van der Waals surface area contributed by atoms with Crippen LogP contribution in [0.2, 0.25) is 0 Å². The summed E-state index contributed by atoms with van der Waals surface area (Å²) in [5.74, 6) is 0. The van der Waals surface area contributed by atoms with Gasteiger partial charge in [0.05, 0.1) is 11.2 Å². The third-order valence-corrected chi connectivity index (χ3v) is 5.90. The average molecular weight is 366 g/mol. The minimum absolute atomic E-state index is 0.138. The van der Waals surface area contributed by atoms with E-state index in [0.717, 1.165) is 71.0 Å². The van der Waals surface area contributed by atoms with Gasteiger partial charge in [0.25, 0.3) is 0 Å². The van der Waals surface area contributed by atoms with Gasteiger partial charge >= 0.3 is 0 Å². The Morgan fingerprint density at radius 2 is 1.84 bits per heavy atom. The van der Waals surface area contributed by atoms with Gasteiger partial charge in [-0.25, -0.2) is 0 Å². The summed E-state index contributed by atoms with van der Waals surface area (Å²) in [4.78, 5) is 14.6. The Bertz CT molecular complexity index is 498. The van der Waals surface area contributed by atoms with Crippen LogP contribution in [0.25, 0.3) is 0 Å². The molecule has 5 nitrogen and oxygen atoms in total. The van der Waals surface area contributed by atoms with Crippen LogP contribution in [0.1, 0.15) is 18.5 Å². The van der Waals surface area contributed by atoms with Crippen molar-refractivity contribution in [3.05, 3.63) is 30.1 Å². The average Bonchev–Trinajstić information content (AvgIpc) is 2.63. The molecule has 2 saturated heterocycles. The molecule has 0 aromatic carbocycles. The Kier molecular flexibility index (Phi) is 7.49. The Labute approximate surface area is 157 Å². The van der Waals surface area contributed by atoms with E-state index in [-0.39, 0.29) is 5.50 Å². The SMILES string of the molecule is CN1CCC(Cl)N2CCN(CCCN(Cc3ccccn3)CC2)CC1. The van der Waals surface area contributed by atoms with Crippen LogP contribution in [0.3, 0.4) is 0 Å². The van der Waals surface area contributed by atoms with Crippen molar-refractivity contribution in [3.63, 3.8) is 0 Å². The number of likely N-dealkylation sites (N-methyl/N-ethyl adjacent to an activating group) is 1. The molecule has 0 spiro atoms. The standard InChI is InChI=1S/C19H32ClN5/c1-22-10-6-19(20)25-15-13-23(12-11-22)8-4-9-24(14-16-25)17-18-5-2-3-7-21-18/h2-3,5,7,19H,4,6,8-17H2,1H3. The van der Waals surface area contributed by atoms with Crippen LogP contribution < -0.4 is 0 Å². The van der Waals surface area contributed by atoms with Crippen molar-refractivity contribution in [1.29, 1.82) is 0 Å². The lowest BCUT2D eigenvalue weighted by atomic mass is 10.2. The van der Waals surface area contributed by atoms with E-state index >= 15 is 0 Å². The summed E-state index contributed by atoms with van der Waals surface area (Å²) in [7, 11) is 2.22. The van der Waals surface area contributed by atoms with Gasteiger partial charge < -0.3 is 9.80 Å². The summed E-state index contributed by atoms with van der Waals surface area (Å²) in [5.41, 5.74) is 1.30. The number of aromatic nitrogens is 1. The fourth-order valence-electron chi connectivity index (χ4n) is 3.71. The third-order valence-electron chi connectivity index (χ3n) is 5.41. The zero-order chi connectivity index (χ0) is 17.5. The molecule has 0 amide bonds. The lowest BCUT2D eigenvalue weighted by molar-refractivity contribution is 0.114. The Morgan fingerprint density at radius 3 is 2.68 bits per heavy atom. The Morgan fingerprint density at radius 1 is 1.00 bits per heavy atom. The van der Waals surface area contributed by atoms with Crippen LogP contribution in [-0.2, 0) is 6.54 Å². The largest absolute Gasteiger partial charge is 0.305 e. The van der Waals surface area contributed by atoms with Gasteiger partial charge in [0.2, 0.25) is 0 Å². The van der Waals surface area contributed by atoms with E-state index in [1.54, 1.807) is 0 Å². The van der Waals surface area contributed by atoms with E-state index in [4.69, 9.17) is 11.6 Å². The summed E-state index contributed by atoms with van der Waals surface area (Å²) in [6, 6.07) is 6.19. The first kappa shape index (κ1) is 19.1. The highest BCUT2D eigenvalue weighted by molar-refractivity contribution is 6.20. The molecule has 3 rings (SSSR count). The highest BCUT2D eigenvalue weighted by Crippen LogP contribution is 2.14. The Hall–Kier alpha value is -0.720. The topological polar surface area (TPSA) is 25.9 Å². The van der Waals surface area contributed by atoms with E-state index in [0.29, 0.717) is 0 Å². The lowest BCUT2D eigenvalue weighted by Gasteiger charge is -2.37. The second-order valence-electron chi connectivity index (χ2n) is 7.35. The smallest absolute Gasteiger partial charge is 0.0863 e. The number of pyridine rings is 1. The molecule has 2 aliphatic rings. The lowest BCUT2D eigenvalue weighted by Crippen LogP contribution is -2.48. The van der Waals surface area contributed by atoms with E-state index in [2.05, 4.69) is 43.8 Å². The van der Waals surface area contributed by atoms with Crippen molar-refractivity contribution in [2.24, 2.45) is 0 Å². The molecule has 140 valence electrons. The highest BCUT2D eigenvalue weighted by Gasteiger charge is 2.22. The Balaban J connectivity index is 1.66. The highest BCUT2D eigenvalue weighted by atomic mass is 35.5. The fourth-order valence-corrected chi connectivity index (χ4v) is 4.00. The number of nitrogens with zero attached hydrogens (tertiary/aromatic N) is 5. The van der Waals surface area contributed by atoms with Crippen LogP contribution in [0.5, 0.6) is 0 Å². The van der Waals surface area contributed by atoms with Gasteiger partial charge in [0, 0.05) is 58.6 Å². The maximum Gasteiger partial charge on any atom is 0.0863 e. The minimum Gasteiger partial charge on any atom is -0.305 e. The molecular formula is C19H32ClN5. The van der Waals surface area contributed by atoms with Crippen molar-refractivity contribution < 1.29 is 0 Å². The number of halogens is 1. The molecular weight excluding hydrogens is 334 g/mol. The summed E-state index contributed by atoms with van der Waals surface area (Å²) in [6.45, 7) is 10.9. The molecule has 2 fully saturated rings. The maximum atomic E-state index is 6.75. The molecule has 0 radical (unpaired) electrons. The molecule has 1 aromatic rings. The zero-order valence-corrected chi connectivity index (χ0v) is 16.2. The van der Waals surface area contributed by atoms with Gasteiger partial charge in [-0.2, -0.15) is 0 Å². The number of fused-ring (bicyclic) bond motifs is 3. The number of rotatable bonds is 2. The number of hydrogen-bond acceptors (Lipinski definition) is 5. The molecule has 2 bridgehead atoms. The molecule has 3 unspecified atom stereocenters. The zero-order valence-electron chi connectivity index (χ0n) is 15.5. The first-order chi connectivity index (χ1) is 12.2. The molecule has 0 saturated carbocycles. The molecule has 25 heavy (non-hydrogen) atoms. The van der Waals surface area contributed by atoms with Crippen LogP contribution in [-0.4, -0.2) is 96.0 Å². The van der Waals surface area contributed by atoms with Crippen molar-refractivity contribution in [2.45, 2.75) is 24.9 Å². The van der Waals surface area contributed by atoms with Crippen molar-refractivity contribution in [2.75, 3.05) is 66.0 Å². The van der Waals surface area contributed by atoms with Gasteiger partial charge in [-0.05, 0) is 45.1 Å². The molecule has 0 aliphatic carbocycles.